The summed E-state index contributed by atoms with van der Waals surface area (Å²) in [7, 11) is 1.33. The number of carbonyl (C=O) groups is 2. The molecule has 1 saturated carbocycles. The van der Waals surface area contributed by atoms with Crippen molar-refractivity contribution in [3.05, 3.63) is 23.8 Å². The quantitative estimate of drug-likeness (QED) is 0.683. The number of ether oxygens (including phenoxy) is 3. The van der Waals surface area contributed by atoms with E-state index >= 15 is 0 Å². The fourth-order valence-electron chi connectivity index (χ4n) is 3.36. The lowest BCUT2D eigenvalue weighted by molar-refractivity contribution is -0.145. The van der Waals surface area contributed by atoms with Crippen LogP contribution in [-0.4, -0.2) is 37.3 Å². The second-order valence-electron chi connectivity index (χ2n) is 6.98. The van der Waals surface area contributed by atoms with Crippen LogP contribution in [0.15, 0.2) is 18.2 Å². The van der Waals surface area contributed by atoms with E-state index in [0.29, 0.717) is 36.4 Å². The molecule has 1 aromatic carbocycles. The van der Waals surface area contributed by atoms with Gasteiger partial charge in [0.15, 0.2) is 0 Å². The molecule has 0 radical (unpaired) electrons. The van der Waals surface area contributed by atoms with Crippen LogP contribution in [0.5, 0.6) is 5.75 Å². The van der Waals surface area contributed by atoms with E-state index in [1.54, 1.807) is 18.2 Å². The molecule has 1 amide bonds. The van der Waals surface area contributed by atoms with Gasteiger partial charge < -0.3 is 19.5 Å². The van der Waals surface area contributed by atoms with Gasteiger partial charge in [-0.05, 0) is 51.3 Å². The number of amides is 1. The van der Waals surface area contributed by atoms with Crippen LogP contribution in [0.1, 0.15) is 69.7 Å². The van der Waals surface area contributed by atoms with E-state index in [2.05, 4.69) is 5.32 Å². The van der Waals surface area contributed by atoms with Crippen LogP contribution in [-0.2, 0) is 14.3 Å². The molecule has 6 heteroatoms. The van der Waals surface area contributed by atoms with Gasteiger partial charge in [0, 0.05) is 12.3 Å². The molecule has 0 saturated heterocycles. The minimum atomic E-state index is -0.787. The molecule has 27 heavy (non-hydrogen) atoms. The molecule has 0 bridgehead atoms. The standard InChI is InChI=1S/C21H31NO5/c1-5-15(3)27-18-11-10-16(14-17(18)19(23)25-4)22-20(24)21(26-6-2)12-8-7-9-13-21/h10-11,14-15H,5-9,12-13H2,1-4H3,(H,22,24)/t15-/m0/s1. The average Bonchev–Trinajstić information content (AvgIpc) is 2.69. The molecule has 1 aromatic rings. The number of anilines is 1. The highest BCUT2D eigenvalue weighted by Gasteiger charge is 2.40. The van der Waals surface area contributed by atoms with Crippen molar-refractivity contribution in [2.45, 2.75) is 71.0 Å². The Morgan fingerprint density at radius 3 is 2.48 bits per heavy atom. The minimum Gasteiger partial charge on any atom is -0.490 e. The van der Waals surface area contributed by atoms with Crippen molar-refractivity contribution >= 4 is 17.6 Å². The Hall–Kier alpha value is -2.08. The van der Waals surface area contributed by atoms with E-state index in [0.717, 1.165) is 25.7 Å². The normalized spacial score (nSPS) is 17.0. The maximum Gasteiger partial charge on any atom is 0.341 e. The van der Waals surface area contributed by atoms with Crippen LogP contribution >= 0.6 is 0 Å². The van der Waals surface area contributed by atoms with Crippen molar-refractivity contribution in [3.8, 4) is 5.75 Å². The monoisotopic (exact) mass is 377 g/mol. The van der Waals surface area contributed by atoms with Crippen molar-refractivity contribution in [1.29, 1.82) is 0 Å². The third-order valence-electron chi connectivity index (χ3n) is 5.04. The summed E-state index contributed by atoms with van der Waals surface area (Å²) in [6.45, 7) is 6.34. The van der Waals surface area contributed by atoms with Gasteiger partial charge in [-0.2, -0.15) is 0 Å². The first kappa shape index (κ1) is 21.2. The summed E-state index contributed by atoms with van der Waals surface area (Å²) in [5, 5.41) is 2.92. The zero-order valence-electron chi connectivity index (χ0n) is 16.8. The van der Waals surface area contributed by atoms with Gasteiger partial charge in [0.2, 0.25) is 0 Å². The Morgan fingerprint density at radius 1 is 1.19 bits per heavy atom. The highest BCUT2D eigenvalue weighted by Crippen LogP contribution is 2.33. The highest BCUT2D eigenvalue weighted by molar-refractivity contribution is 5.99. The molecule has 2 rings (SSSR count). The van der Waals surface area contributed by atoms with Crippen LogP contribution in [0.4, 0.5) is 5.69 Å². The maximum absolute atomic E-state index is 13.0. The van der Waals surface area contributed by atoms with Gasteiger partial charge in [-0.25, -0.2) is 4.79 Å². The molecule has 150 valence electrons. The lowest BCUT2D eigenvalue weighted by Gasteiger charge is -2.35. The van der Waals surface area contributed by atoms with Crippen LogP contribution in [0.25, 0.3) is 0 Å². The molecule has 0 heterocycles. The smallest absolute Gasteiger partial charge is 0.341 e. The van der Waals surface area contributed by atoms with E-state index < -0.39 is 11.6 Å². The second-order valence-corrected chi connectivity index (χ2v) is 6.98. The van der Waals surface area contributed by atoms with Gasteiger partial charge in [-0.1, -0.05) is 26.2 Å². The fourth-order valence-corrected chi connectivity index (χ4v) is 3.36. The summed E-state index contributed by atoms with van der Waals surface area (Å²) in [5.74, 6) is -0.205. The zero-order valence-corrected chi connectivity index (χ0v) is 16.8. The minimum absolute atomic E-state index is 0.0303. The van der Waals surface area contributed by atoms with Gasteiger partial charge in [-0.15, -0.1) is 0 Å². The van der Waals surface area contributed by atoms with E-state index in [-0.39, 0.29) is 12.0 Å². The van der Waals surface area contributed by atoms with Gasteiger partial charge >= 0.3 is 5.97 Å². The predicted octanol–water partition coefficient (Wildman–Crippen LogP) is 4.33. The van der Waals surface area contributed by atoms with Gasteiger partial charge in [0.1, 0.15) is 16.9 Å². The summed E-state index contributed by atoms with van der Waals surface area (Å²) in [4.78, 5) is 25.1. The molecule has 1 fully saturated rings. The Labute approximate surface area is 161 Å². The SMILES string of the molecule is CCOC1(C(=O)Nc2ccc(O[C@@H](C)CC)c(C(=O)OC)c2)CCCCC1. The van der Waals surface area contributed by atoms with Crippen molar-refractivity contribution < 1.29 is 23.8 Å². The van der Waals surface area contributed by atoms with E-state index in [4.69, 9.17) is 14.2 Å². The Kier molecular flexibility index (Phi) is 7.66. The molecule has 0 spiro atoms. The largest absolute Gasteiger partial charge is 0.490 e. The lowest BCUT2D eigenvalue weighted by Crippen LogP contribution is -2.47. The van der Waals surface area contributed by atoms with E-state index in [1.165, 1.54) is 7.11 Å². The summed E-state index contributed by atoms with van der Waals surface area (Å²) in [6, 6.07) is 5.04. The molecular formula is C21H31NO5. The van der Waals surface area contributed by atoms with Crippen LogP contribution in [0.2, 0.25) is 0 Å². The molecule has 0 aromatic heterocycles. The Bertz CT molecular complexity index is 646. The van der Waals surface area contributed by atoms with Crippen molar-refractivity contribution in [1.82, 2.24) is 0 Å². The van der Waals surface area contributed by atoms with Crippen molar-refractivity contribution in [2.75, 3.05) is 19.0 Å². The third-order valence-corrected chi connectivity index (χ3v) is 5.04. The van der Waals surface area contributed by atoms with Gasteiger partial charge in [-0.3, -0.25) is 4.79 Å². The van der Waals surface area contributed by atoms with Crippen molar-refractivity contribution in [3.63, 3.8) is 0 Å². The number of rotatable bonds is 8. The number of hydrogen-bond donors (Lipinski definition) is 1. The number of nitrogens with one attached hydrogen (secondary N) is 1. The number of benzene rings is 1. The number of esters is 1. The molecule has 1 N–H and O–H groups in total. The molecule has 1 aliphatic carbocycles. The Balaban J connectivity index is 2.24. The highest BCUT2D eigenvalue weighted by atomic mass is 16.5. The first-order chi connectivity index (χ1) is 13.0. The second kappa shape index (κ2) is 9.74. The maximum atomic E-state index is 13.0. The third kappa shape index (κ3) is 5.22. The molecular weight excluding hydrogens is 346 g/mol. The number of methoxy groups -OCH3 is 1. The summed E-state index contributed by atoms with van der Waals surface area (Å²) < 4.78 is 16.6. The predicted molar refractivity (Wildman–Crippen MR) is 104 cm³/mol. The summed E-state index contributed by atoms with van der Waals surface area (Å²) >= 11 is 0. The lowest BCUT2D eigenvalue weighted by atomic mass is 9.83. The summed E-state index contributed by atoms with van der Waals surface area (Å²) in [6.07, 6.45) is 5.28. The van der Waals surface area contributed by atoms with Crippen molar-refractivity contribution in [2.24, 2.45) is 0 Å². The summed E-state index contributed by atoms with van der Waals surface area (Å²) in [5.41, 5.74) is 0.0379. The van der Waals surface area contributed by atoms with Gasteiger partial charge in [0.25, 0.3) is 5.91 Å². The topological polar surface area (TPSA) is 73.9 Å². The Morgan fingerprint density at radius 2 is 1.89 bits per heavy atom. The average molecular weight is 377 g/mol. The van der Waals surface area contributed by atoms with E-state index in [9.17, 15) is 9.59 Å². The van der Waals surface area contributed by atoms with Crippen LogP contribution < -0.4 is 10.1 Å². The van der Waals surface area contributed by atoms with E-state index in [1.807, 2.05) is 20.8 Å². The van der Waals surface area contributed by atoms with Gasteiger partial charge in [0.05, 0.1) is 13.2 Å². The molecule has 1 atom stereocenters. The first-order valence-electron chi connectivity index (χ1n) is 9.80. The number of hydrogen-bond acceptors (Lipinski definition) is 5. The first-order valence-corrected chi connectivity index (χ1v) is 9.80. The molecule has 6 nitrogen and oxygen atoms in total. The molecule has 0 unspecified atom stereocenters. The molecule has 1 aliphatic rings. The van der Waals surface area contributed by atoms with Crippen LogP contribution in [0, 0.1) is 0 Å². The van der Waals surface area contributed by atoms with Crippen LogP contribution in [0.3, 0.4) is 0 Å². The fraction of sp³-hybridized carbons (Fsp3) is 0.619. The number of carbonyl (C=O) groups excluding carboxylic acids is 2. The zero-order chi connectivity index (χ0) is 19.9. The molecule has 0 aliphatic heterocycles.